The van der Waals surface area contributed by atoms with Gasteiger partial charge in [0.1, 0.15) is 6.10 Å². The van der Waals surface area contributed by atoms with Crippen LogP contribution in [-0.4, -0.2) is 44.6 Å². The van der Waals surface area contributed by atoms with Gasteiger partial charge in [0.05, 0.1) is 19.2 Å². The Morgan fingerprint density at radius 3 is 2.91 bits per heavy atom. The van der Waals surface area contributed by atoms with Crippen molar-refractivity contribution in [3.8, 4) is 0 Å². The van der Waals surface area contributed by atoms with Crippen molar-refractivity contribution in [1.29, 1.82) is 0 Å². The molecule has 114 valence electrons. The summed E-state index contributed by atoms with van der Waals surface area (Å²) in [6, 6.07) is 9.65. The van der Waals surface area contributed by atoms with Crippen LogP contribution in [0.3, 0.4) is 0 Å². The zero-order chi connectivity index (χ0) is 15.1. The molecule has 8 heteroatoms. The molecule has 4 rings (SSSR count). The summed E-state index contributed by atoms with van der Waals surface area (Å²) in [4.78, 5) is 11.9. The summed E-state index contributed by atoms with van der Waals surface area (Å²) in [6.45, 7) is 0.930. The molecule has 0 N–H and O–H groups in total. The van der Waals surface area contributed by atoms with E-state index in [1.165, 1.54) is 0 Å². The van der Waals surface area contributed by atoms with Crippen molar-refractivity contribution in [1.82, 2.24) is 19.8 Å². The molecule has 2 aliphatic rings. The molecule has 2 aromatic rings. The van der Waals surface area contributed by atoms with Crippen molar-refractivity contribution < 1.29 is 14.3 Å². The lowest BCUT2D eigenvalue weighted by atomic mass is 10.0. The minimum atomic E-state index is -0.713. The maximum atomic E-state index is 11.9. The van der Waals surface area contributed by atoms with E-state index in [1.54, 1.807) is 9.36 Å². The first kappa shape index (κ1) is 13.7. The van der Waals surface area contributed by atoms with E-state index in [2.05, 4.69) is 10.4 Å². The normalized spacial score (nSPS) is 27.3. The number of tetrazole rings is 1. The molecule has 2 saturated heterocycles. The van der Waals surface area contributed by atoms with E-state index in [1.807, 2.05) is 30.3 Å². The van der Waals surface area contributed by atoms with Crippen LogP contribution in [0, 0.1) is 4.77 Å². The molecule has 1 aromatic carbocycles. The molecule has 0 spiro atoms. The Balaban J connectivity index is 1.61. The number of rotatable bonds is 3. The highest BCUT2D eigenvalue weighted by Gasteiger charge is 2.45. The van der Waals surface area contributed by atoms with Gasteiger partial charge in [-0.1, -0.05) is 30.3 Å². The highest BCUT2D eigenvalue weighted by atomic mass is 32.1. The van der Waals surface area contributed by atoms with Gasteiger partial charge in [-0.2, -0.15) is 0 Å². The van der Waals surface area contributed by atoms with Crippen molar-refractivity contribution in [3.05, 3.63) is 40.7 Å². The summed E-state index contributed by atoms with van der Waals surface area (Å²) >= 11 is 5.45. The second kappa shape index (κ2) is 5.38. The van der Waals surface area contributed by atoms with E-state index in [9.17, 15) is 4.79 Å². The lowest BCUT2D eigenvalue weighted by Crippen LogP contribution is -2.37. The van der Waals surface area contributed by atoms with Gasteiger partial charge in [0.25, 0.3) is 0 Å². The van der Waals surface area contributed by atoms with Crippen molar-refractivity contribution in [3.63, 3.8) is 0 Å². The van der Waals surface area contributed by atoms with Gasteiger partial charge in [-0.15, -0.1) is 0 Å². The van der Waals surface area contributed by atoms with Crippen molar-refractivity contribution in [2.24, 2.45) is 0 Å². The number of ketones is 1. The highest BCUT2D eigenvalue weighted by Crippen LogP contribution is 2.32. The van der Waals surface area contributed by atoms with Crippen LogP contribution in [0.25, 0.3) is 0 Å². The van der Waals surface area contributed by atoms with Crippen molar-refractivity contribution in [2.45, 2.75) is 31.4 Å². The smallest absolute Gasteiger partial charge is 0.218 e. The first-order chi connectivity index (χ1) is 10.7. The SMILES string of the molecule is O=C1C[C@H](n2nnn(Cc3ccccc3)c2=S)[C@H]2CO[C@@H]1O2. The van der Waals surface area contributed by atoms with Crippen LogP contribution in [0.4, 0.5) is 0 Å². The topological polar surface area (TPSA) is 71.2 Å². The molecule has 3 heterocycles. The number of carbonyl (C=O) groups excluding carboxylic acids is 1. The fourth-order valence-electron chi connectivity index (χ4n) is 2.82. The second-order valence-electron chi connectivity index (χ2n) is 5.43. The largest absolute Gasteiger partial charge is 0.343 e. The minimum absolute atomic E-state index is 0.0711. The fourth-order valence-corrected chi connectivity index (χ4v) is 3.09. The van der Waals surface area contributed by atoms with Crippen molar-refractivity contribution >= 4 is 18.0 Å². The Hall–Kier alpha value is -1.90. The number of fused-ring (bicyclic) bond motifs is 2. The standard InChI is InChI=1S/C14H14N4O3S/c19-11-6-10(12-8-20-13(11)21-12)18-14(22)17(15-16-18)7-9-4-2-1-3-5-9/h1-5,10,12-13H,6-8H2/t10-,12+,13+/m0/s1. The Kier molecular flexibility index (Phi) is 3.36. The summed E-state index contributed by atoms with van der Waals surface area (Å²) in [5.41, 5.74) is 1.09. The van der Waals surface area contributed by atoms with E-state index in [0.29, 0.717) is 24.3 Å². The van der Waals surface area contributed by atoms with Crippen LogP contribution in [0.5, 0.6) is 0 Å². The number of carbonyl (C=O) groups is 1. The lowest BCUT2D eigenvalue weighted by molar-refractivity contribution is -0.156. The summed E-state index contributed by atoms with van der Waals surface area (Å²) in [7, 11) is 0. The van der Waals surface area contributed by atoms with Gasteiger partial charge >= 0.3 is 0 Å². The molecule has 0 saturated carbocycles. The predicted molar refractivity (Wildman–Crippen MR) is 77.7 cm³/mol. The third kappa shape index (κ3) is 2.29. The van der Waals surface area contributed by atoms with Gasteiger partial charge in [0.2, 0.25) is 11.1 Å². The van der Waals surface area contributed by atoms with Crippen LogP contribution >= 0.6 is 12.2 Å². The number of ether oxygens (including phenoxy) is 2. The average molecular weight is 318 g/mol. The molecule has 0 unspecified atom stereocenters. The Morgan fingerprint density at radius 2 is 2.09 bits per heavy atom. The third-order valence-electron chi connectivity index (χ3n) is 3.96. The second-order valence-corrected chi connectivity index (χ2v) is 5.79. The van der Waals surface area contributed by atoms with Crippen LogP contribution in [-0.2, 0) is 20.8 Å². The van der Waals surface area contributed by atoms with Gasteiger partial charge in [0, 0.05) is 6.42 Å². The molecular weight excluding hydrogens is 304 g/mol. The van der Waals surface area contributed by atoms with Gasteiger partial charge < -0.3 is 9.47 Å². The first-order valence-electron chi connectivity index (χ1n) is 7.08. The minimum Gasteiger partial charge on any atom is -0.343 e. The maximum absolute atomic E-state index is 11.9. The number of hydrogen-bond donors (Lipinski definition) is 0. The highest BCUT2D eigenvalue weighted by molar-refractivity contribution is 7.71. The van der Waals surface area contributed by atoms with Crippen LogP contribution in [0.2, 0.25) is 0 Å². The Labute approximate surface area is 131 Å². The number of nitrogens with zero attached hydrogens (tertiary/aromatic N) is 4. The zero-order valence-corrected chi connectivity index (χ0v) is 12.5. The van der Waals surface area contributed by atoms with E-state index in [-0.39, 0.29) is 17.9 Å². The molecule has 2 bridgehead atoms. The molecule has 0 aliphatic carbocycles. The van der Waals surface area contributed by atoms with E-state index >= 15 is 0 Å². The molecule has 22 heavy (non-hydrogen) atoms. The first-order valence-corrected chi connectivity index (χ1v) is 7.49. The Morgan fingerprint density at radius 1 is 1.27 bits per heavy atom. The number of aromatic nitrogens is 4. The summed E-state index contributed by atoms with van der Waals surface area (Å²) in [6.07, 6.45) is -0.598. The van der Waals surface area contributed by atoms with Gasteiger partial charge in [-0.05, 0) is 28.2 Å². The van der Waals surface area contributed by atoms with Crippen LogP contribution in [0.15, 0.2) is 30.3 Å². The monoisotopic (exact) mass is 318 g/mol. The van der Waals surface area contributed by atoms with Crippen molar-refractivity contribution in [2.75, 3.05) is 6.61 Å². The van der Waals surface area contributed by atoms with Crippen LogP contribution in [0.1, 0.15) is 18.0 Å². The molecule has 1 aromatic heterocycles. The summed E-state index contributed by atoms with van der Waals surface area (Å²) < 4.78 is 14.6. The van der Waals surface area contributed by atoms with Crippen LogP contribution < -0.4 is 0 Å². The van der Waals surface area contributed by atoms with E-state index in [0.717, 1.165) is 5.56 Å². The molecule has 7 nitrogen and oxygen atoms in total. The zero-order valence-electron chi connectivity index (χ0n) is 11.7. The molecule has 2 aliphatic heterocycles. The average Bonchev–Trinajstić information content (AvgIpc) is 3.11. The van der Waals surface area contributed by atoms with Gasteiger partial charge in [-0.3, -0.25) is 4.79 Å². The molecule has 2 fully saturated rings. The number of hydrogen-bond acceptors (Lipinski definition) is 6. The fraction of sp³-hybridized carbons (Fsp3) is 0.429. The van der Waals surface area contributed by atoms with Gasteiger partial charge in [-0.25, -0.2) is 9.36 Å². The van der Waals surface area contributed by atoms with Gasteiger partial charge in [0.15, 0.2) is 5.78 Å². The summed E-state index contributed by atoms with van der Waals surface area (Å²) in [5, 5.41) is 8.24. The lowest BCUT2D eigenvalue weighted by Gasteiger charge is -2.25. The number of Topliss-reactive ketones (excluding diaryl/α,β-unsaturated/α-hetero) is 1. The quantitative estimate of drug-likeness (QED) is 0.790. The molecular formula is C14H14N4O3S. The van der Waals surface area contributed by atoms with E-state index < -0.39 is 6.29 Å². The Bertz CT molecular complexity index is 757. The molecule has 3 atom stereocenters. The van der Waals surface area contributed by atoms with E-state index in [4.69, 9.17) is 21.7 Å². The third-order valence-corrected chi connectivity index (χ3v) is 4.36. The number of benzene rings is 1. The molecule has 0 radical (unpaired) electrons. The summed E-state index contributed by atoms with van der Waals surface area (Å²) in [5.74, 6) is -0.0711. The molecule has 0 amide bonds. The predicted octanol–water partition coefficient (Wildman–Crippen LogP) is 1.11. The maximum Gasteiger partial charge on any atom is 0.218 e.